The van der Waals surface area contributed by atoms with Gasteiger partial charge in [-0.2, -0.15) is 0 Å². The molecule has 0 saturated carbocycles. The highest BCUT2D eigenvalue weighted by Crippen LogP contribution is 2.17. The Balaban J connectivity index is 2.76. The molecule has 1 heterocycles. The lowest BCUT2D eigenvalue weighted by molar-refractivity contribution is 1.12. The van der Waals surface area contributed by atoms with E-state index in [0.29, 0.717) is 4.99 Å². The molecule has 0 atom stereocenters. The monoisotopic (exact) mass is 185 g/mol. The molecular formula is C8H11NS2. The SMILES string of the molecule is CCc1ccsc1CC(N)=S. The van der Waals surface area contributed by atoms with E-state index in [0.717, 1.165) is 12.8 Å². The van der Waals surface area contributed by atoms with Gasteiger partial charge in [0.25, 0.3) is 0 Å². The Morgan fingerprint density at radius 1 is 1.73 bits per heavy atom. The summed E-state index contributed by atoms with van der Waals surface area (Å²) in [4.78, 5) is 1.90. The zero-order valence-corrected chi connectivity index (χ0v) is 8.10. The maximum atomic E-state index is 5.45. The molecule has 0 saturated heterocycles. The topological polar surface area (TPSA) is 26.0 Å². The molecule has 0 aliphatic rings. The smallest absolute Gasteiger partial charge is 0.0780 e. The third-order valence-electron chi connectivity index (χ3n) is 1.55. The summed E-state index contributed by atoms with van der Waals surface area (Å²) >= 11 is 6.57. The Morgan fingerprint density at radius 2 is 2.45 bits per heavy atom. The van der Waals surface area contributed by atoms with E-state index in [9.17, 15) is 0 Å². The van der Waals surface area contributed by atoms with Crippen LogP contribution in [0, 0.1) is 0 Å². The molecule has 0 radical (unpaired) electrons. The van der Waals surface area contributed by atoms with Crippen molar-refractivity contribution in [2.45, 2.75) is 19.8 Å². The van der Waals surface area contributed by atoms with E-state index < -0.39 is 0 Å². The summed E-state index contributed by atoms with van der Waals surface area (Å²) in [6.45, 7) is 2.14. The van der Waals surface area contributed by atoms with Gasteiger partial charge in [-0.15, -0.1) is 11.3 Å². The summed E-state index contributed by atoms with van der Waals surface area (Å²) in [6, 6.07) is 2.14. The number of rotatable bonds is 3. The highest BCUT2D eigenvalue weighted by Gasteiger charge is 2.02. The van der Waals surface area contributed by atoms with Crippen LogP contribution < -0.4 is 5.73 Å². The molecule has 0 aliphatic heterocycles. The first-order valence-corrected chi connectivity index (χ1v) is 4.86. The predicted octanol–water partition coefficient (Wildman–Crippen LogP) is 2.14. The maximum absolute atomic E-state index is 5.45. The number of aryl methyl sites for hydroxylation is 1. The average molecular weight is 185 g/mol. The molecule has 0 unspecified atom stereocenters. The lowest BCUT2D eigenvalue weighted by atomic mass is 10.2. The first-order chi connectivity index (χ1) is 5.24. The molecule has 3 heteroatoms. The molecule has 1 rings (SSSR count). The van der Waals surface area contributed by atoms with Gasteiger partial charge >= 0.3 is 0 Å². The van der Waals surface area contributed by atoms with Crippen LogP contribution in [0.15, 0.2) is 11.4 Å². The highest BCUT2D eigenvalue weighted by molar-refractivity contribution is 7.80. The molecule has 1 nitrogen and oxygen atoms in total. The van der Waals surface area contributed by atoms with Crippen molar-refractivity contribution in [3.63, 3.8) is 0 Å². The molecule has 0 spiro atoms. The van der Waals surface area contributed by atoms with Crippen LogP contribution in [-0.2, 0) is 12.8 Å². The molecule has 0 amide bonds. The maximum Gasteiger partial charge on any atom is 0.0780 e. The Morgan fingerprint density at radius 3 is 3.00 bits per heavy atom. The minimum atomic E-state index is 0.585. The van der Waals surface area contributed by atoms with Crippen molar-refractivity contribution in [2.75, 3.05) is 0 Å². The second-order valence-electron chi connectivity index (χ2n) is 2.37. The van der Waals surface area contributed by atoms with Crippen molar-refractivity contribution in [3.8, 4) is 0 Å². The van der Waals surface area contributed by atoms with E-state index in [2.05, 4.69) is 18.4 Å². The first kappa shape index (κ1) is 8.68. The third kappa shape index (κ3) is 2.27. The molecule has 0 aliphatic carbocycles. The molecule has 1 aromatic heterocycles. The van der Waals surface area contributed by atoms with Gasteiger partial charge in [0.05, 0.1) is 4.99 Å². The fourth-order valence-corrected chi connectivity index (χ4v) is 2.23. The van der Waals surface area contributed by atoms with Gasteiger partial charge in [0, 0.05) is 11.3 Å². The van der Waals surface area contributed by atoms with Crippen LogP contribution in [-0.4, -0.2) is 4.99 Å². The number of hydrogen-bond donors (Lipinski definition) is 1. The summed E-state index contributed by atoms with van der Waals surface area (Å²) in [6.07, 6.45) is 1.83. The van der Waals surface area contributed by atoms with Crippen LogP contribution in [0.3, 0.4) is 0 Å². The second kappa shape index (κ2) is 3.83. The zero-order chi connectivity index (χ0) is 8.27. The fraction of sp³-hybridized carbons (Fsp3) is 0.375. The normalized spacial score (nSPS) is 9.91. The summed E-state index contributed by atoms with van der Waals surface area (Å²) in [7, 11) is 0. The summed E-state index contributed by atoms with van der Waals surface area (Å²) in [5, 5.41) is 2.09. The van der Waals surface area contributed by atoms with E-state index >= 15 is 0 Å². The van der Waals surface area contributed by atoms with E-state index in [1.165, 1.54) is 10.4 Å². The minimum absolute atomic E-state index is 0.585. The molecule has 60 valence electrons. The first-order valence-electron chi connectivity index (χ1n) is 3.57. The predicted molar refractivity (Wildman–Crippen MR) is 54.2 cm³/mol. The van der Waals surface area contributed by atoms with Gasteiger partial charge < -0.3 is 5.73 Å². The molecule has 0 bridgehead atoms. The number of thiocarbonyl (C=S) groups is 1. The van der Waals surface area contributed by atoms with Crippen LogP contribution in [0.1, 0.15) is 17.4 Å². The van der Waals surface area contributed by atoms with Crippen LogP contribution >= 0.6 is 23.6 Å². The largest absolute Gasteiger partial charge is 0.393 e. The summed E-state index contributed by atoms with van der Waals surface area (Å²) < 4.78 is 0. The van der Waals surface area contributed by atoms with Crippen LogP contribution in [0.2, 0.25) is 0 Å². The van der Waals surface area contributed by atoms with Crippen molar-refractivity contribution in [2.24, 2.45) is 5.73 Å². The Labute approximate surface area is 76.2 Å². The molecule has 1 aromatic rings. The zero-order valence-electron chi connectivity index (χ0n) is 6.46. The fourth-order valence-electron chi connectivity index (χ4n) is 0.995. The van der Waals surface area contributed by atoms with Gasteiger partial charge in [-0.3, -0.25) is 0 Å². The lowest BCUT2D eigenvalue weighted by Crippen LogP contribution is -2.10. The lowest BCUT2D eigenvalue weighted by Gasteiger charge is -1.97. The van der Waals surface area contributed by atoms with E-state index in [1.807, 2.05) is 0 Å². The molecule has 0 fully saturated rings. The van der Waals surface area contributed by atoms with Gasteiger partial charge in [-0.25, -0.2) is 0 Å². The van der Waals surface area contributed by atoms with E-state index in [-0.39, 0.29) is 0 Å². The van der Waals surface area contributed by atoms with Crippen molar-refractivity contribution >= 4 is 28.5 Å². The number of nitrogens with two attached hydrogens (primary N) is 1. The van der Waals surface area contributed by atoms with E-state index in [1.54, 1.807) is 11.3 Å². The standard InChI is InChI=1S/C8H11NS2/c1-2-6-3-4-11-7(6)5-8(9)10/h3-4H,2,5H2,1H3,(H2,9,10). The van der Waals surface area contributed by atoms with Gasteiger partial charge in [0.15, 0.2) is 0 Å². The van der Waals surface area contributed by atoms with Crippen LogP contribution in [0.4, 0.5) is 0 Å². The van der Waals surface area contributed by atoms with Gasteiger partial charge in [-0.05, 0) is 23.4 Å². The summed E-state index contributed by atoms with van der Waals surface area (Å²) in [5.74, 6) is 0. The Kier molecular flexibility index (Phi) is 3.02. The number of thiophene rings is 1. The minimum Gasteiger partial charge on any atom is -0.393 e. The number of hydrogen-bond acceptors (Lipinski definition) is 2. The van der Waals surface area contributed by atoms with Crippen molar-refractivity contribution in [1.82, 2.24) is 0 Å². The molecule has 2 N–H and O–H groups in total. The Hall–Kier alpha value is -0.410. The van der Waals surface area contributed by atoms with Gasteiger partial charge in [0.2, 0.25) is 0 Å². The van der Waals surface area contributed by atoms with Crippen molar-refractivity contribution in [3.05, 3.63) is 21.9 Å². The van der Waals surface area contributed by atoms with Gasteiger partial charge in [-0.1, -0.05) is 19.1 Å². The highest BCUT2D eigenvalue weighted by atomic mass is 32.1. The Bertz CT molecular complexity index is 252. The summed E-state index contributed by atoms with van der Waals surface area (Å²) in [5.41, 5.74) is 6.82. The van der Waals surface area contributed by atoms with Crippen molar-refractivity contribution < 1.29 is 0 Å². The molecule has 11 heavy (non-hydrogen) atoms. The van der Waals surface area contributed by atoms with Crippen LogP contribution in [0.25, 0.3) is 0 Å². The third-order valence-corrected chi connectivity index (χ3v) is 2.66. The average Bonchev–Trinajstić information content (AvgIpc) is 2.34. The molecular weight excluding hydrogens is 174 g/mol. The van der Waals surface area contributed by atoms with E-state index in [4.69, 9.17) is 18.0 Å². The molecule has 0 aromatic carbocycles. The van der Waals surface area contributed by atoms with Gasteiger partial charge in [0.1, 0.15) is 0 Å². The quantitative estimate of drug-likeness (QED) is 0.730. The van der Waals surface area contributed by atoms with Crippen molar-refractivity contribution in [1.29, 1.82) is 0 Å². The van der Waals surface area contributed by atoms with Crippen LogP contribution in [0.5, 0.6) is 0 Å². The second-order valence-corrected chi connectivity index (χ2v) is 3.89.